The molecule has 220 valence electrons. The van der Waals surface area contributed by atoms with Crippen molar-refractivity contribution >= 4 is 22.9 Å². The number of hydrogen-bond acceptors (Lipinski definition) is 8. The highest BCUT2D eigenvalue weighted by atomic mass is 16.5. The van der Waals surface area contributed by atoms with Gasteiger partial charge in [-0.3, -0.25) is 9.59 Å². The Morgan fingerprint density at radius 2 is 0.953 bits per heavy atom. The molecule has 0 fully saturated rings. The van der Waals surface area contributed by atoms with E-state index in [9.17, 15) is 9.59 Å². The van der Waals surface area contributed by atoms with Gasteiger partial charge in [0, 0.05) is 48.1 Å². The maximum atomic E-state index is 12.6. The smallest absolute Gasteiger partial charge is 0.191 e. The van der Waals surface area contributed by atoms with Crippen LogP contribution < -0.4 is 29.6 Å². The van der Waals surface area contributed by atoms with E-state index in [0.29, 0.717) is 34.1 Å². The van der Waals surface area contributed by atoms with Crippen LogP contribution in [-0.2, 0) is 6.42 Å². The maximum absolute atomic E-state index is 12.6. The first-order valence-corrected chi connectivity index (χ1v) is 13.5. The van der Waals surface area contributed by atoms with E-state index < -0.39 is 0 Å². The van der Waals surface area contributed by atoms with Gasteiger partial charge < -0.3 is 29.6 Å². The molecule has 0 aliphatic carbocycles. The molecule has 0 spiro atoms. The monoisotopic (exact) mass is 578 g/mol. The highest BCUT2D eigenvalue weighted by Gasteiger charge is 2.12. The summed E-state index contributed by atoms with van der Waals surface area (Å²) < 4.78 is 21.0. The second-order valence-corrected chi connectivity index (χ2v) is 9.39. The van der Waals surface area contributed by atoms with Crippen molar-refractivity contribution in [2.75, 3.05) is 39.1 Å². The van der Waals surface area contributed by atoms with Crippen LogP contribution in [0.2, 0.25) is 0 Å². The Bertz CT molecular complexity index is 1490. The van der Waals surface area contributed by atoms with Crippen molar-refractivity contribution in [3.63, 3.8) is 0 Å². The number of rotatable bonds is 14. The number of carbonyl (C=O) groups excluding carboxylic acids is 2. The highest BCUT2D eigenvalue weighted by Crippen LogP contribution is 2.26. The summed E-state index contributed by atoms with van der Waals surface area (Å²) in [4.78, 5) is 25.2. The molecule has 0 saturated heterocycles. The molecule has 0 atom stereocenters. The quantitative estimate of drug-likeness (QED) is 0.123. The number of methoxy groups -OCH3 is 4. The first kappa shape index (κ1) is 30.5. The van der Waals surface area contributed by atoms with Crippen molar-refractivity contribution in [3.8, 4) is 23.0 Å². The summed E-state index contributed by atoms with van der Waals surface area (Å²) in [5.74, 6) is 1.80. The minimum Gasteiger partial charge on any atom is -0.497 e. The van der Waals surface area contributed by atoms with Gasteiger partial charge in [0.15, 0.2) is 11.6 Å². The number of anilines is 2. The van der Waals surface area contributed by atoms with Gasteiger partial charge >= 0.3 is 0 Å². The van der Waals surface area contributed by atoms with E-state index in [1.165, 1.54) is 26.4 Å². The van der Waals surface area contributed by atoms with Gasteiger partial charge in [0.1, 0.15) is 23.0 Å². The summed E-state index contributed by atoms with van der Waals surface area (Å²) in [5.41, 5.74) is 4.93. The fourth-order valence-electron chi connectivity index (χ4n) is 4.28. The zero-order chi connectivity index (χ0) is 30.6. The molecule has 0 unspecified atom stereocenters. The largest absolute Gasteiger partial charge is 0.497 e. The summed E-state index contributed by atoms with van der Waals surface area (Å²) in [7, 11) is 6.17. The van der Waals surface area contributed by atoms with Crippen LogP contribution in [0.5, 0.6) is 23.0 Å². The molecular weight excluding hydrogens is 544 g/mol. The molecule has 0 aliphatic heterocycles. The third-order valence-corrected chi connectivity index (χ3v) is 6.63. The SMILES string of the molecule is COc1ccc(C(=O)/C=C/Nc2ccc(Cc3ccc(N/C=C/C(=O)c4ccc(OC)cc4OC)cc3)cc2)c(OC)c1. The molecule has 0 aromatic heterocycles. The lowest BCUT2D eigenvalue weighted by atomic mass is 10.0. The van der Waals surface area contributed by atoms with E-state index in [0.717, 1.165) is 28.9 Å². The van der Waals surface area contributed by atoms with Crippen molar-refractivity contribution in [2.24, 2.45) is 0 Å². The van der Waals surface area contributed by atoms with E-state index in [4.69, 9.17) is 18.9 Å². The molecule has 0 amide bonds. The lowest BCUT2D eigenvalue weighted by Gasteiger charge is -2.08. The van der Waals surface area contributed by atoms with Crippen LogP contribution in [0.4, 0.5) is 11.4 Å². The minimum atomic E-state index is -0.180. The van der Waals surface area contributed by atoms with Crippen LogP contribution >= 0.6 is 0 Å². The van der Waals surface area contributed by atoms with Crippen LogP contribution in [0.3, 0.4) is 0 Å². The van der Waals surface area contributed by atoms with Crippen LogP contribution in [0.1, 0.15) is 31.8 Å². The van der Waals surface area contributed by atoms with Gasteiger partial charge in [-0.25, -0.2) is 0 Å². The van der Waals surface area contributed by atoms with E-state index >= 15 is 0 Å². The number of ether oxygens (including phenoxy) is 4. The van der Waals surface area contributed by atoms with Gasteiger partial charge in [0.25, 0.3) is 0 Å². The average molecular weight is 579 g/mol. The zero-order valence-corrected chi connectivity index (χ0v) is 24.5. The first-order chi connectivity index (χ1) is 20.9. The predicted octanol–water partition coefficient (Wildman–Crippen LogP) is 6.93. The third-order valence-electron chi connectivity index (χ3n) is 6.63. The van der Waals surface area contributed by atoms with Crippen molar-refractivity contribution in [1.82, 2.24) is 0 Å². The van der Waals surface area contributed by atoms with Gasteiger partial charge in [-0.15, -0.1) is 0 Å². The van der Waals surface area contributed by atoms with Gasteiger partial charge in [-0.05, 0) is 66.1 Å². The minimum absolute atomic E-state index is 0.180. The van der Waals surface area contributed by atoms with Gasteiger partial charge in [-0.2, -0.15) is 0 Å². The summed E-state index contributed by atoms with van der Waals surface area (Å²) in [6.07, 6.45) is 6.92. The molecule has 4 aromatic rings. The Kier molecular flexibility index (Phi) is 10.6. The lowest BCUT2D eigenvalue weighted by Crippen LogP contribution is -2.00. The molecule has 8 nitrogen and oxygen atoms in total. The highest BCUT2D eigenvalue weighted by molar-refractivity contribution is 6.07. The zero-order valence-electron chi connectivity index (χ0n) is 24.5. The molecule has 43 heavy (non-hydrogen) atoms. The molecule has 0 aliphatic rings. The van der Waals surface area contributed by atoms with E-state index in [1.54, 1.807) is 63.0 Å². The summed E-state index contributed by atoms with van der Waals surface area (Å²) in [6, 6.07) is 26.2. The van der Waals surface area contributed by atoms with Crippen molar-refractivity contribution < 1.29 is 28.5 Å². The Morgan fingerprint density at radius 3 is 1.30 bits per heavy atom. The first-order valence-electron chi connectivity index (χ1n) is 13.5. The van der Waals surface area contributed by atoms with Crippen LogP contribution in [0.15, 0.2) is 109 Å². The normalized spacial score (nSPS) is 10.9. The molecule has 0 bridgehead atoms. The number of allylic oxidation sites excluding steroid dienone is 2. The fraction of sp³-hybridized carbons (Fsp3) is 0.143. The van der Waals surface area contributed by atoms with Gasteiger partial charge in [-0.1, -0.05) is 24.3 Å². The predicted molar refractivity (Wildman–Crippen MR) is 169 cm³/mol. The summed E-state index contributed by atoms with van der Waals surface area (Å²) in [6.45, 7) is 0. The molecule has 4 aromatic carbocycles. The molecule has 2 N–H and O–H groups in total. The van der Waals surface area contributed by atoms with Crippen LogP contribution in [0.25, 0.3) is 0 Å². The topological polar surface area (TPSA) is 95.1 Å². The number of benzene rings is 4. The van der Waals surface area contributed by atoms with Crippen LogP contribution in [0, 0.1) is 0 Å². The molecule has 0 saturated carbocycles. The maximum Gasteiger partial charge on any atom is 0.191 e. The van der Waals surface area contributed by atoms with Crippen molar-refractivity contribution in [1.29, 1.82) is 0 Å². The van der Waals surface area contributed by atoms with Crippen LogP contribution in [-0.4, -0.2) is 40.0 Å². The number of hydrogen-bond donors (Lipinski definition) is 2. The Hall–Kier alpha value is -5.50. The molecule has 0 heterocycles. The molecular formula is C35H34N2O6. The summed E-state index contributed by atoms with van der Waals surface area (Å²) >= 11 is 0. The number of nitrogens with one attached hydrogen (secondary N) is 2. The van der Waals surface area contributed by atoms with Crippen molar-refractivity contribution in [2.45, 2.75) is 6.42 Å². The lowest BCUT2D eigenvalue weighted by molar-refractivity contribution is 0.103. The number of carbonyl (C=O) groups is 2. The molecule has 0 radical (unpaired) electrons. The Labute approximate surface area is 251 Å². The third kappa shape index (κ3) is 8.27. The average Bonchev–Trinajstić information content (AvgIpc) is 3.05. The fourth-order valence-corrected chi connectivity index (χ4v) is 4.28. The summed E-state index contributed by atoms with van der Waals surface area (Å²) in [5, 5.41) is 6.27. The van der Waals surface area contributed by atoms with Gasteiger partial charge in [0.2, 0.25) is 0 Å². The van der Waals surface area contributed by atoms with E-state index in [2.05, 4.69) is 10.6 Å². The second-order valence-electron chi connectivity index (χ2n) is 9.39. The van der Waals surface area contributed by atoms with E-state index in [1.807, 2.05) is 48.5 Å². The Balaban J connectivity index is 1.27. The van der Waals surface area contributed by atoms with Gasteiger partial charge in [0.05, 0.1) is 39.6 Å². The van der Waals surface area contributed by atoms with Crippen molar-refractivity contribution in [3.05, 3.63) is 132 Å². The number of ketones is 2. The Morgan fingerprint density at radius 1 is 0.558 bits per heavy atom. The second kappa shape index (κ2) is 14.9. The van der Waals surface area contributed by atoms with E-state index in [-0.39, 0.29) is 11.6 Å². The molecule has 8 heteroatoms. The molecule has 4 rings (SSSR count). The standard InChI is InChI=1S/C35H34N2O6/c1-40-28-13-15-30(34(22-28)42-3)32(38)17-19-36-26-9-5-24(6-10-26)21-25-7-11-27(12-8-25)37-20-18-33(39)31-16-14-29(41-2)23-35(31)43-4/h5-20,22-23,36-37H,21H2,1-4H3/b19-17+,20-18+.